The van der Waals surface area contributed by atoms with Crippen LogP contribution < -0.4 is 0 Å². The van der Waals surface area contributed by atoms with Crippen molar-refractivity contribution in [2.24, 2.45) is 0 Å². The molecule has 1 fully saturated rings. The Morgan fingerprint density at radius 1 is 1.25 bits per heavy atom. The van der Waals surface area contributed by atoms with Gasteiger partial charge in [0.25, 0.3) is 0 Å². The Morgan fingerprint density at radius 3 is 2.44 bits per heavy atom. The molecule has 0 saturated carbocycles. The second-order valence-electron chi connectivity index (χ2n) is 4.31. The summed E-state index contributed by atoms with van der Waals surface area (Å²) in [4.78, 5) is 12.7. The van der Waals surface area contributed by atoms with E-state index in [1.165, 1.54) is 5.56 Å². The van der Waals surface area contributed by atoms with E-state index in [2.05, 4.69) is 4.90 Å². The van der Waals surface area contributed by atoms with Crippen LogP contribution in [0.5, 0.6) is 0 Å². The van der Waals surface area contributed by atoms with E-state index in [-0.39, 0.29) is 0 Å². The number of halogens is 1. The molecule has 2 rings (SSSR count). The number of alkyl halides is 1. The third kappa shape index (κ3) is 2.89. The van der Waals surface area contributed by atoms with Gasteiger partial charge in [0.1, 0.15) is 12.5 Å². The number of piperidine rings is 1. The highest BCUT2D eigenvalue weighted by molar-refractivity contribution is 5.74. The van der Waals surface area contributed by atoms with Gasteiger partial charge in [-0.15, -0.1) is 0 Å². The molecule has 86 valence electrons. The highest BCUT2D eigenvalue weighted by atomic mass is 19.1. The Labute approximate surface area is 95.1 Å². The Bertz CT molecular complexity index is 341. The van der Waals surface area contributed by atoms with Crippen molar-refractivity contribution in [1.29, 1.82) is 0 Å². The quantitative estimate of drug-likeness (QED) is 0.731. The molecular weight excluding hydrogens is 205 g/mol. The number of benzene rings is 1. The van der Waals surface area contributed by atoms with E-state index in [1.54, 1.807) is 0 Å². The van der Waals surface area contributed by atoms with E-state index in [9.17, 15) is 9.18 Å². The SMILES string of the molecule is O=Cc1ccc(CN2CCC(F)CC2)cc1. The minimum Gasteiger partial charge on any atom is -0.299 e. The van der Waals surface area contributed by atoms with Crippen LogP contribution in [0.1, 0.15) is 28.8 Å². The minimum absolute atomic E-state index is 0.617. The maximum Gasteiger partial charge on any atom is 0.150 e. The molecule has 16 heavy (non-hydrogen) atoms. The number of rotatable bonds is 3. The van der Waals surface area contributed by atoms with Crippen LogP contribution >= 0.6 is 0 Å². The lowest BCUT2D eigenvalue weighted by Gasteiger charge is -2.28. The Balaban J connectivity index is 1.91. The van der Waals surface area contributed by atoms with Gasteiger partial charge in [-0.05, 0) is 18.4 Å². The first-order chi connectivity index (χ1) is 7.78. The van der Waals surface area contributed by atoms with Gasteiger partial charge < -0.3 is 0 Å². The largest absolute Gasteiger partial charge is 0.299 e. The fourth-order valence-electron chi connectivity index (χ4n) is 2.02. The van der Waals surface area contributed by atoms with Gasteiger partial charge in [0.05, 0.1) is 0 Å². The molecule has 0 radical (unpaired) electrons. The van der Waals surface area contributed by atoms with Crippen molar-refractivity contribution in [2.75, 3.05) is 13.1 Å². The number of aldehydes is 1. The molecule has 1 saturated heterocycles. The third-order valence-corrected chi connectivity index (χ3v) is 3.04. The van der Waals surface area contributed by atoms with Gasteiger partial charge in [0.2, 0.25) is 0 Å². The number of nitrogens with zero attached hydrogens (tertiary/aromatic N) is 1. The van der Waals surface area contributed by atoms with E-state index in [4.69, 9.17) is 0 Å². The second kappa shape index (κ2) is 5.21. The Hall–Kier alpha value is -1.22. The highest BCUT2D eigenvalue weighted by Crippen LogP contribution is 2.16. The van der Waals surface area contributed by atoms with Crippen molar-refractivity contribution >= 4 is 6.29 Å². The summed E-state index contributed by atoms with van der Waals surface area (Å²) in [5.41, 5.74) is 1.88. The summed E-state index contributed by atoms with van der Waals surface area (Å²) < 4.78 is 12.9. The van der Waals surface area contributed by atoms with Gasteiger partial charge in [0, 0.05) is 25.2 Å². The molecule has 0 N–H and O–H groups in total. The minimum atomic E-state index is -0.617. The monoisotopic (exact) mass is 221 g/mol. The molecular formula is C13H16FNO. The molecule has 1 aliphatic rings. The highest BCUT2D eigenvalue weighted by Gasteiger charge is 2.17. The van der Waals surface area contributed by atoms with Crippen LogP contribution in [0.4, 0.5) is 4.39 Å². The molecule has 0 atom stereocenters. The Kier molecular flexibility index (Phi) is 3.67. The molecule has 0 spiro atoms. The fraction of sp³-hybridized carbons (Fsp3) is 0.462. The first-order valence-electron chi connectivity index (χ1n) is 5.68. The third-order valence-electron chi connectivity index (χ3n) is 3.04. The van der Waals surface area contributed by atoms with Crippen molar-refractivity contribution in [3.05, 3.63) is 35.4 Å². The zero-order valence-corrected chi connectivity index (χ0v) is 9.23. The number of hydrogen-bond donors (Lipinski definition) is 0. The number of likely N-dealkylation sites (tertiary alicyclic amines) is 1. The maximum absolute atomic E-state index is 12.9. The second-order valence-corrected chi connectivity index (χ2v) is 4.31. The standard InChI is InChI=1S/C13H16FNO/c14-13-5-7-15(8-6-13)9-11-1-3-12(10-16)4-2-11/h1-4,10,13H,5-9H2. The predicted molar refractivity (Wildman–Crippen MR) is 61.2 cm³/mol. The summed E-state index contributed by atoms with van der Waals surface area (Å²) in [6, 6.07) is 7.57. The zero-order chi connectivity index (χ0) is 11.4. The number of carbonyl (C=O) groups is 1. The summed E-state index contributed by atoms with van der Waals surface area (Å²) in [7, 11) is 0. The number of carbonyl (C=O) groups excluding carboxylic acids is 1. The van der Waals surface area contributed by atoms with Gasteiger partial charge in [-0.1, -0.05) is 24.3 Å². The van der Waals surface area contributed by atoms with Crippen molar-refractivity contribution < 1.29 is 9.18 Å². The molecule has 2 nitrogen and oxygen atoms in total. The lowest BCUT2D eigenvalue weighted by molar-refractivity contribution is 0.112. The molecule has 3 heteroatoms. The van der Waals surface area contributed by atoms with Gasteiger partial charge in [-0.2, -0.15) is 0 Å². The van der Waals surface area contributed by atoms with Gasteiger partial charge in [-0.3, -0.25) is 9.69 Å². The molecule has 1 aromatic carbocycles. The normalized spacial score (nSPS) is 18.6. The molecule has 1 aromatic rings. The summed E-state index contributed by atoms with van der Waals surface area (Å²) in [6.07, 6.45) is 1.52. The van der Waals surface area contributed by atoms with Crippen LogP contribution in [0.15, 0.2) is 24.3 Å². The zero-order valence-electron chi connectivity index (χ0n) is 9.23. The molecule has 1 heterocycles. The van der Waals surface area contributed by atoms with Crippen molar-refractivity contribution in [3.63, 3.8) is 0 Å². The van der Waals surface area contributed by atoms with Crippen LogP contribution in [-0.4, -0.2) is 30.4 Å². The van der Waals surface area contributed by atoms with Crippen molar-refractivity contribution in [2.45, 2.75) is 25.6 Å². The first kappa shape index (κ1) is 11.3. The van der Waals surface area contributed by atoms with Crippen LogP contribution in [0.2, 0.25) is 0 Å². The topological polar surface area (TPSA) is 20.3 Å². The summed E-state index contributed by atoms with van der Waals surface area (Å²) in [5.74, 6) is 0. The van der Waals surface area contributed by atoms with Crippen LogP contribution in [0.25, 0.3) is 0 Å². The van der Waals surface area contributed by atoms with Gasteiger partial charge >= 0.3 is 0 Å². The van der Waals surface area contributed by atoms with E-state index in [0.717, 1.165) is 25.9 Å². The summed E-state index contributed by atoms with van der Waals surface area (Å²) in [5, 5.41) is 0. The molecule has 1 aliphatic heterocycles. The molecule has 0 aromatic heterocycles. The van der Waals surface area contributed by atoms with Crippen LogP contribution in [0, 0.1) is 0 Å². The van der Waals surface area contributed by atoms with E-state index in [0.29, 0.717) is 18.4 Å². The fourth-order valence-corrected chi connectivity index (χ4v) is 2.02. The van der Waals surface area contributed by atoms with E-state index >= 15 is 0 Å². The molecule has 0 aliphatic carbocycles. The lowest BCUT2D eigenvalue weighted by Crippen LogP contribution is -2.33. The maximum atomic E-state index is 12.9. The summed E-state index contributed by atoms with van der Waals surface area (Å²) >= 11 is 0. The smallest absolute Gasteiger partial charge is 0.150 e. The first-order valence-corrected chi connectivity index (χ1v) is 5.68. The number of hydrogen-bond acceptors (Lipinski definition) is 2. The Morgan fingerprint density at radius 2 is 1.88 bits per heavy atom. The van der Waals surface area contributed by atoms with Gasteiger partial charge in [0.15, 0.2) is 0 Å². The molecule has 0 unspecified atom stereocenters. The average molecular weight is 221 g/mol. The van der Waals surface area contributed by atoms with Crippen molar-refractivity contribution in [1.82, 2.24) is 4.90 Å². The van der Waals surface area contributed by atoms with E-state index in [1.807, 2.05) is 24.3 Å². The van der Waals surface area contributed by atoms with Crippen molar-refractivity contribution in [3.8, 4) is 0 Å². The van der Waals surface area contributed by atoms with E-state index < -0.39 is 6.17 Å². The molecule has 0 amide bonds. The average Bonchev–Trinajstić information content (AvgIpc) is 2.33. The van der Waals surface area contributed by atoms with Crippen LogP contribution in [-0.2, 0) is 6.54 Å². The van der Waals surface area contributed by atoms with Gasteiger partial charge in [-0.25, -0.2) is 4.39 Å². The summed E-state index contributed by atoms with van der Waals surface area (Å²) in [6.45, 7) is 2.51. The predicted octanol–water partition coefficient (Wildman–Crippen LogP) is 2.43. The molecule has 0 bridgehead atoms. The lowest BCUT2D eigenvalue weighted by atomic mass is 10.1. The van der Waals surface area contributed by atoms with Crippen LogP contribution in [0.3, 0.4) is 0 Å².